The molecule has 4 rings (SSSR count). The summed E-state index contributed by atoms with van der Waals surface area (Å²) in [5.41, 5.74) is 5.60. The molecule has 0 aliphatic carbocycles. The lowest BCUT2D eigenvalue weighted by Crippen LogP contribution is -2.13. The van der Waals surface area contributed by atoms with E-state index in [2.05, 4.69) is 51.1 Å². The van der Waals surface area contributed by atoms with E-state index in [1.165, 1.54) is 17.7 Å². The second kappa shape index (κ2) is 16.3. The topological polar surface area (TPSA) is 0 Å². The molecule has 0 nitrogen and oxygen atoms in total. The van der Waals surface area contributed by atoms with Gasteiger partial charge in [-0.05, 0) is 75.5 Å². The van der Waals surface area contributed by atoms with E-state index in [0.29, 0.717) is 5.41 Å². The van der Waals surface area contributed by atoms with Crippen molar-refractivity contribution in [1.82, 2.24) is 0 Å². The van der Waals surface area contributed by atoms with Gasteiger partial charge in [0.25, 0.3) is 0 Å². The van der Waals surface area contributed by atoms with Gasteiger partial charge in [-0.3, -0.25) is 0 Å². The first kappa shape index (κ1) is 39.7. The monoisotopic (exact) mass is 618 g/mol. The molecule has 0 aliphatic heterocycles. The highest BCUT2D eigenvalue weighted by atomic mass is 19.1. The molecule has 0 unspecified atom stereocenters. The van der Waals surface area contributed by atoms with E-state index in [4.69, 9.17) is 0 Å². The van der Waals surface area contributed by atoms with Crippen molar-refractivity contribution >= 4 is 0 Å². The van der Waals surface area contributed by atoms with Crippen molar-refractivity contribution in [3.63, 3.8) is 0 Å². The van der Waals surface area contributed by atoms with Gasteiger partial charge < -0.3 is 0 Å². The standard InChI is InChI=1S/2C11H15F.C10H13F.C10H14/c1-8-5-6-10(12)9(7-8)11(2,3)4;1-8-6-5-7-9(10(8)12)11(2,3)4;1-10(2,3)8-6-4-5-7-9(8)11;1-10(2,3)9-7-5-4-6-8-9/h2*5-7H,1-4H3;4-7H,1-3H3;4-8H,1-3H3. The van der Waals surface area contributed by atoms with Crippen LogP contribution in [0.15, 0.2) is 91.0 Å². The van der Waals surface area contributed by atoms with Gasteiger partial charge in [-0.25, -0.2) is 13.2 Å². The zero-order valence-electron chi connectivity index (χ0n) is 30.3. The Bertz CT molecular complexity index is 1440. The summed E-state index contributed by atoms with van der Waals surface area (Å²) in [4.78, 5) is 0. The van der Waals surface area contributed by atoms with Crippen LogP contribution >= 0.6 is 0 Å². The van der Waals surface area contributed by atoms with E-state index in [1.807, 2.05) is 99.6 Å². The third-order valence-corrected chi connectivity index (χ3v) is 7.25. The maximum Gasteiger partial charge on any atom is 0.129 e. The van der Waals surface area contributed by atoms with Gasteiger partial charge in [0, 0.05) is 0 Å². The largest absolute Gasteiger partial charge is 0.207 e. The summed E-state index contributed by atoms with van der Waals surface area (Å²) in [7, 11) is 0. The van der Waals surface area contributed by atoms with E-state index in [9.17, 15) is 13.2 Å². The summed E-state index contributed by atoms with van der Waals surface area (Å²) >= 11 is 0. The highest BCUT2D eigenvalue weighted by molar-refractivity contribution is 5.31. The van der Waals surface area contributed by atoms with Gasteiger partial charge in [0.1, 0.15) is 17.5 Å². The van der Waals surface area contributed by atoms with Crippen molar-refractivity contribution < 1.29 is 13.2 Å². The van der Waals surface area contributed by atoms with Crippen LogP contribution < -0.4 is 0 Å². The van der Waals surface area contributed by atoms with E-state index in [-0.39, 0.29) is 33.7 Å². The van der Waals surface area contributed by atoms with Crippen molar-refractivity contribution in [1.29, 1.82) is 0 Å². The minimum Gasteiger partial charge on any atom is -0.207 e. The number of rotatable bonds is 0. The summed E-state index contributed by atoms with van der Waals surface area (Å²) in [6.45, 7) is 28.6. The van der Waals surface area contributed by atoms with Gasteiger partial charge in [-0.1, -0.05) is 168 Å². The Labute approximate surface area is 273 Å². The molecule has 45 heavy (non-hydrogen) atoms. The van der Waals surface area contributed by atoms with Crippen LogP contribution in [-0.4, -0.2) is 0 Å². The Kier molecular flexibility index (Phi) is 14.4. The van der Waals surface area contributed by atoms with Gasteiger partial charge in [0.2, 0.25) is 0 Å². The maximum atomic E-state index is 13.5. The van der Waals surface area contributed by atoms with Crippen LogP contribution in [0.2, 0.25) is 0 Å². The summed E-state index contributed by atoms with van der Waals surface area (Å²) in [5, 5.41) is 0. The van der Waals surface area contributed by atoms with Crippen molar-refractivity contribution in [2.24, 2.45) is 0 Å². The number of benzene rings is 4. The Morgan fingerprint density at radius 3 is 1.22 bits per heavy atom. The molecular formula is C42H57F3. The summed E-state index contributed by atoms with van der Waals surface area (Å²) < 4.78 is 39.8. The molecule has 0 N–H and O–H groups in total. The van der Waals surface area contributed by atoms with Crippen LogP contribution in [0.5, 0.6) is 0 Å². The summed E-state index contributed by atoms with van der Waals surface area (Å²) in [6, 6.07) is 28.3. The van der Waals surface area contributed by atoms with Crippen molar-refractivity contribution in [3.05, 3.63) is 142 Å². The first-order valence-electron chi connectivity index (χ1n) is 15.8. The van der Waals surface area contributed by atoms with Gasteiger partial charge in [0.15, 0.2) is 0 Å². The molecule has 0 spiro atoms. The van der Waals surface area contributed by atoms with E-state index in [0.717, 1.165) is 27.8 Å². The second-order valence-electron chi connectivity index (χ2n) is 15.8. The fourth-order valence-corrected chi connectivity index (χ4v) is 4.45. The summed E-state index contributed by atoms with van der Waals surface area (Å²) in [6.07, 6.45) is 0. The molecule has 3 heteroatoms. The molecular weight excluding hydrogens is 561 g/mol. The lowest BCUT2D eigenvalue weighted by atomic mass is 9.86. The lowest BCUT2D eigenvalue weighted by Gasteiger charge is -2.20. The van der Waals surface area contributed by atoms with Crippen LogP contribution in [0.3, 0.4) is 0 Å². The van der Waals surface area contributed by atoms with Crippen LogP contribution in [0, 0.1) is 31.3 Å². The Hall–Kier alpha value is -3.33. The lowest BCUT2D eigenvalue weighted by molar-refractivity contribution is 0.518. The van der Waals surface area contributed by atoms with Crippen molar-refractivity contribution in [3.8, 4) is 0 Å². The third-order valence-electron chi connectivity index (χ3n) is 7.25. The average molecular weight is 619 g/mol. The minimum atomic E-state index is -0.111. The maximum absolute atomic E-state index is 13.5. The number of hydrogen-bond donors (Lipinski definition) is 0. The number of hydrogen-bond acceptors (Lipinski definition) is 0. The average Bonchev–Trinajstić information content (AvgIpc) is 2.91. The predicted molar refractivity (Wildman–Crippen MR) is 190 cm³/mol. The minimum absolute atomic E-state index is 0.0648. The van der Waals surface area contributed by atoms with Gasteiger partial charge >= 0.3 is 0 Å². The quantitative estimate of drug-likeness (QED) is 0.184. The Balaban J connectivity index is 0.000000301. The van der Waals surface area contributed by atoms with Crippen LogP contribution in [0.4, 0.5) is 13.2 Å². The van der Waals surface area contributed by atoms with Crippen LogP contribution in [-0.2, 0) is 21.7 Å². The SMILES string of the molecule is CC(C)(C)c1ccccc1.CC(C)(C)c1ccccc1F.Cc1ccc(F)c(C(C)(C)C)c1.Cc1cccc(C(C)(C)C)c1F. The Morgan fingerprint density at radius 2 is 0.844 bits per heavy atom. The van der Waals surface area contributed by atoms with Crippen molar-refractivity contribution in [2.45, 2.75) is 119 Å². The molecule has 0 atom stereocenters. The van der Waals surface area contributed by atoms with Gasteiger partial charge in [-0.15, -0.1) is 0 Å². The zero-order chi connectivity index (χ0) is 34.8. The third kappa shape index (κ3) is 13.7. The van der Waals surface area contributed by atoms with E-state index < -0.39 is 0 Å². The molecule has 4 aromatic carbocycles. The van der Waals surface area contributed by atoms with E-state index >= 15 is 0 Å². The highest BCUT2D eigenvalue weighted by Crippen LogP contribution is 2.27. The second-order valence-corrected chi connectivity index (χ2v) is 15.8. The zero-order valence-corrected chi connectivity index (χ0v) is 30.3. The molecule has 0 amide bonds. The first-order valence-corrected chi connectivity index (χ1v) is 15.8. The molecule has 0 heterocycles. The molecule has 0 radical (unpaired) electrons. The van der Waals surface area contributed by atoms with E-state index in [1.54, 1.807) is 25.1 Å². The summed E-state index contributed by atoms with van der Waals surface area (Å²) in [5.74, 6) is -0.280. The number of aryl methyl sites for hydroxylation is 2. The molecule has 0 fully saturated rings. The first-order chi connectivity index (χ1) is 20.5. The molecule has 0 bridgehead atoms. The predicted octanol–water partition coefficient (Wildman–Crippen LogP) is 13.0. The fourth-order valence-electron chi connectivity index (χ4n) is 4.45. The van der Waals surface area contributed by atoms with Crippen LogP contribution in [0.1, 0.15) is 116 Å². The van der Waals surface area contributed by atoms with Gasteiger partial charge in [-0.2, -0.15) is 0 Å². The molecule has 0 aliphatic rings. The molecule has 4 aromatic rings. The number of halogens is 3. The van der Waals surface area contributed by atoms with Crippen molar-refractivity contribution in [2.75, 3.05) is 0 Å². The fraction of sp³-hybridized carbons (Fsp3) is 0.429. The molecule has 0 saturated heterocycles. The highest BCUT2D eigenvalue weighted by Gasteiger charge is 2.19. The van der Waals surface area contributed by atoms with Gasteiger partial charge in [0.05, 0.1) is 0 Å². The molecule has 246 valence electrons. The normalized spacial score (nSPS) is 11.7. The molecule has 0 saturated carbocycles. The smallest absolute Gasteiger partial charge is 0.129 e. The molecule has 0 aromatic heterocycles. The Morgan fingerprint density at radius 1 is 0.400 bits per heavy atom. The van der Waals surface area contributed by atoms with Crippen LogP contribution in [0.25, 0.3) is 0 Å².